The number of alkyl halides is 6. The average molecular weight is 370 g/mol. The molecule has 0 aromatic heterocycles. The maximum atomic E-state index is 12.9. The van der Waals surface area contributed by atoms with Crippen LogP contribution in [0.15, 0.2) is 23.4 Å². The molecule has 1 unspecified atom stereocenters. The Hall–Kier alpha value is -1.51. The van der Waals surface area contributed by atoms with E-state index in [1.54, 1.807) is 0 Å². The summed E-state index contributed by atoms with van der Waals surface area (Å²) >= 11 is 0. The van der Waals surface area contributed by atoms with Gasteiger partial charge in [0.2, 0.25) is 5.91 Å². The molecule has 0 bridgehead atoms. The Morgan fingerprint density at radius 2 is 1.72 bits per heavy atom. The molecule has 2 aliphatic carbocycles. The first kappa shape index (κ1) is 19.8. The molecule has 1 fully saturated rings. The fraction of sp³-hybridized carbons (Fsp3) is 0.688. The number of nitrogens with one attached hydrogen (secondary N) is 1. The summed E-state index contributed by atoms with van der Waals surface area (Å²) in [5.74, 6) is -2.77. The number of amides is 1. The van der Waals surface area contributed by atoms with Gasteiger partial charge in [-0.15, -0.1) is 0 Å². The van der Waals surface area contributed by atoms with Crippen LogP contribution in [0, 0.1) is 11.8 Å². The van der Waals surface area contributed by atoms with Crippen molar-refractivity contribution in [3.05, 3.63) is 23.4 Å². The van der Waals surface area contributed by atoms with Crippen LogP contribution in [0.1, 0.15) is 38.5 Å². The molecule has 0 spiro atoms. The molecular weight excluding hydrogens is 350 g/mol. The molecule has 0 heterocycles. The summed E-state index contributed by atoms with van der Waals surface area (Å²) in [4.78, 5) is 12.0. The van der Waals surface area contributed by atoms with Crippen molar-refractivity contribution in [1.29, 1.82) is 0 Å². The summed E-state index contributed by atoms with van der Waals surface area (Å²) in [6, 6.07) is 0.0902. The largest absolute Gasteiger partial charge is 0.416 e. The molecule has 1 amide bonds. The molecule has 1 saturated carbocycles. The lowest BCUT2D eigenvalue weighted by atomic mass is 9.84. The van der Waals surface area contributed by atoms with Crippen LogP contribution in [0.3, 0.4) is 0 Å². The van der Waals surface area contributed by atoms with Crippen molar-refractivity contribution < 1.29 is 31.1 Å². The van der Waals surface area contributed by atoms with Gasteiger partial charge in [0.15, 0.2) is 0 Å². The molecule has 3 N–H and O–H groups in total. The topological polar surface area (TPSA) is 55.1 Å². The quantitative estimate of drug-likeness (QED) is 0.739. The van der Waals surface area contributed by atoms with Gasteiger partial charge in [0, 0.05) is 24.6 Å². The van der Waals surface area contributed by atoms with Crippen molar-refractivity contribution >= 4 is 5.91 Å². The standard InChI is InChI=1S/C16H20F6N2O/c17-15(18,19)10-6-11(16(20,21)22)8-13(7-10)24-14(25)5-9-1-3-12(23)4-2-9/h6-7,9,11-12H,1-5,8,23H2,(H,24,25). The molecule has 0 aromatic carbocycles. The Morgan fingerprint density at radius 1 is 1.12 bits per heavy atom. The minimum Gasteiger partial charge on any atom is -0.330 e. The lowest BCUT2D eigenvalue weighted by Crippen LogP contribution is -2.34. The maximum absolute atomic E-state index is 12.9. The van der Waals surface area contributed by atoms with E-state index in [0.717, 1.165) is 25.7 Å². The first-order valence-corrected chi connectivity index (χ1v) is 8.07. The second kappa shape index (κ2) is 7.39. The molecular formula is C16H20F6N2O. The van der Waals surface area contributed by atoms with Gasteiger partial charge >= 0.3 is 12.4 Å². The van der Waals surface area contributed by atoms with Gasteiger partial charge in [-0.1, -0.05) is 6.08 Å². The Labute approximate surface area is 141 Å². The molecule has 3 nitrogen and oxygen atoms in total. The van der Waals surface area contributed by atoms with Crippen molar-refractivity contribution in [3.63, 3.8) is 0 Å². The Bertz CT molecular complexity index is 556. The second-order valence-electron chi connectivity index (χ2n) is 6.67. The Morgan fingerprint density at radius 3 is 2.24 bits per heavy atom. The van der Waals surface area contributed by atoms with Crippen molar-refractivity contribution in [2.24, 2.45) is 17.6 Å². The number of allylic oxidation sites excluding steroid dienone is 4. The summed E-state index contributed by atoms with van der Waals surface area (Å²) in [6.07, 6.45) is -6.61. The Balaban J connectivity index is 2.03. The molecule has 2 rings (SSSR count). The van der Waals surface area contributed by atoms with E-state index in [1.165, 1.54) is 0 Å². The maximum Gasteiger partial charge on any atom is 0.416 e. The zero-order valence-corrected chi connectivity index (χ0v) is 13.4. The fourth-order valence-electron chi connectivity index (χ4n) is 3.17. The number of carbonyl (C=O) groups is 1. The molecule has 25 heavy (non-hydrogen) atoms. The lowest BCUT2D eigenvalue weighted by Gasteiger charge is -2.27. The SMILES string of the molecule is NC1CCC(CC(=O)NC2=CC(C(F)(F)F)=CC(C(F)(F)F)C2)CC1. The molecule has 0 saturated heterocycles. The van der Waals surface area contributed by atoms with Gasteiger partial charge in [0.25, 0.3) is 0 Å². The minimum absolute atomic E-state index is 0.0556. The third kappa shape index (κ3) is 5.76. The molecule has 0 aromatic rings. The van der Waals surface area contributed by atoms with Gasteiger partial charge in [-0.2, -0.15) is 26.3 Å². The van der Waals surface area contributed by atoms with Gasteiger partial charge < -0.3 is 11.1 Å². The predicted molar refractivity (Wildman–Crippen MR) is 79.1 cm³/mol. The van der Waals surface area contributed by atoms with Crippen molar-refractivity contribution in [3.8, 4) is 0 Å². The van der Waals surface area contributed by atoms with E-state index in [1.807, 2.05) is 0 Å². The summed E-state index contributed by atoms with van der Waals surface area (Å²) in [5, 5.41) is 2.23. The van der Waals surface area contributed by atoms with Crippen LogP contribution in [0.25, 0.3) is 0 Å². The van der Waals surface area contributed by atoms with E-state index in [0.29, 0.717) is 6.08 Å². The molecule has 142 valence electrons. The van der Waals surface area contributed by atoms with E-state index in [2.05, 4.69) is 5.32 Å². The van der Waals surface area contributed by atoms with E-state index in [9.17, 15) is 31.1 Å². The van der Waals surface area contributed by atoms with Crippen molar-refractivity contribution in [1.82, 2.24) is 5.32 Å². The highest BCUT2D eigenvalue weighted by Gasteiger charge is 2.44. The summed E-state index contributed by atoms with van der Waals surface area (Å²) in [5.41, 5.74) is 4.02. The van der Waals surface area contributed by atoms with Crippen LogP contribution in [-0.4, -0.2) is 24.3 Å². The minimum atomic E-state index is -4.90. The first-order chi connectivity index (χ1) is 11.4. The van der Waals surface area contributed by atoms with E-state index >= 15 is 0 Å². The molecule has 1 atom stereocenters. The summed E-state index contributed by atoms with van der Waals surface area (Å²) < 4.78 is 77.0. The van der Waals surface area contributed by atoms with Crippen LogP contribution in [0.2, 0.25) is 0 Å². The number of rotatable bonds is 3. The van der Waals surface area contributed by atoms with Crippen LogP contribution in [0.4, 0.5) is 26.3 Å². The number of carbonyl (C=O) groups excluding carboxylic acids is 1. The predicted octanol–water partition coefficient (Wildman–Crippen LogP) is 3.97. The van der Waals surface area contributed by atoms with Crippen LogP contribution in [0.5, 0.6) is 0 Å². The number of hydrogen-bond donors (Lipinski definition) is 2. The highest BCUT2D eigenvalue weighted by Crippen LogP contribution is 2.40. The normalized spacial score (nSPS) is 28.2. The second-order valence-corrected chi connectivity index (χ2v) is 6.67. The van der Waals surface area contributed by atoms with Gasteiger partial charge in [-0.3, -0.25) is 4.79 Å². The zero-order valence-electron chi connectivity index (χ0n) is 13.4. The Kier molecular flexibility index (Phi) is 5.86. The molecule has 2 aliphatic rings. The van der Waals surface area contributed by atoms with E-state index < -0.39 is 36.2 Å². The molecule has 0 radical (unpaired) electrons. The smallest absolute Gasteiger partial charge is 0.330 e. The molecule has 9 heteroatoms. The van der Waals surface area contributed by atoms with Crippen LogP contribution < -0.4 is 11.1 Å². The van der Waals surface area contributed by atoms with Crippen molar-refractivity contribution in [2.75, 3.05) is 0 Å². The van der Waals surface area contributed by atoms with Crippen molar-refractivity contribution in [2.45, 2.75) is 56.9 Å². The van der Waals surface area contributed by atoms with Crippen LogP contribution in [-0.2, 0) is 4.79 Å². The van der Waals surface area contributed by atoms with Crippen LogP contribution >= 0.6 is 0 Å². The third-order valence-electron chi connectivity index (χ3n) is 4.56. The monoisotopic (exact) mass is 370 g/mol. The summed E-state index contributed by atoms with van der Waals surface area (Å²) in [6.45, 7) is 0. The zero-order chi connectivity index (χ0) is 18.8. The first-order valence-electron chi connectivity index (χ1n) is 8.07. The third-order valence-corrected chi connectivity index (χ3v) is 4.56. The van der Waals surface area contributed by atoms with E-state index in [-0.39, 0.29) is 30.2 Å². The average Bonchev–Trinajstić information content (AvgIpc) is 2.47. The van der Waals surface area contributed by atoms with Gasteiger partial charge in [-0.05, 0) is 37.7 Å². The highest BCUT2D eigenvalue weighted by molar-refractivity contribution is 5.78. The van der Waals surface area contributed by atoms with Gasteiger partial charge in [0.1, 0.15) is 0 Å². The summed E-state index contributed by atoms with van der Waals surface area (Å²) in [7, 11) is 0. The lowest BCUT2D eigenvalue weighted by molar-refractivity contribution is -0.163. The molecule has 0 aliphatic heterocycles. The fourth-order valence-corrected chi connectivity index (χ4v) is 3.17. The van der Waals surface area contributed by atoms with Gasteiger partial charge in [0.05, 0.1) is 11.5 Å². The number of halogens is 6. The number of nitrogens with two attached hydrogens (primary N) is 1. The van der Waals surface area contributed by atoms with Gasteiger partial charge in [-0.25, -0.2) is 0 Å². The van der Waals surface area contributed by atoms with E-state index in [4.69, 9.17) is 5.73 Å². The highest BCUT2D eigenvalue weighted by atomic mass is 19.4. The number of hydrogen-bond acceptors (Lipinski definition) is 2.